The minimum Gasteiger partial charge on any atom is -0.487 e. The molecule has 3 aromatic heterocycles. The van der Waals surface area contributed by atoms with Crippen LogP contribution in [0.25, 0.3) is 16.0 Å². The zero-order valence-electron chi connectivity index (χ0n) is 13.9. The summed E-state index contributed by atoms with van der Waals surface area (Å²) in [6, 6.07) is 6.98. The molecule has 0 bridgehead atoms. The third-order valence-electron chi connectivity index (χ3n) is 3.86. The molecule has 0 radical (unpaired) electrons. The van der Waals surface area contributed by atoms with E-state index in [1.54, 1.807) is 43.1 Å². The third kappa shape index (κ3) is 3.41. The summed E-state index contributed by atoms with van der Waals surface area (Å²) in [5.74, 6) is -0.0519. The third-order valence-corrected chi connectivity index (χ3v) is 5.67. The molecule has 0 unspecified atom stereocenters. The van der Waals surface area contributed by atoms with Gasteiger partial charge in [-0.2, -0.15) is 0 Å². The molecule has 0 spiro atoms. The van der Waals surface area contributed by atoms with Crippen molar-refractivity contribution < 1.29 is 18.7 Å². The van der Waals surface area contributed by atoms with Crippen molar-refractivity contribution in [3.63, 3.8) is 0 Å². The summed E-state index contributed by atoms with van der Waals surface area (Å²) in [6.45, 7) is 0.267. The number of carbonyl (C=O) groups excluding carboxylic acids is 1. The Bertz CT molecular complexity index is 1120. The van der Waals surface area contributed by atoms with Crippen LogP contribution in [0.3, 0.4) is 0 Å². The van der Waals surface area contributed by atoms with Gasteiger partial charge < -0.3 is 13.9 Å². The molecule has 4 rings (SSSR count). The van der Waals surface area contributed by atoms with E-state index >= 15 is 0 Å². The van der Waals surface area contributed by atoms with Crippen LogP contribution in [0.1, 0.15) is 15.2 Å². The molecule has 0 N–H and O–H groups in total. The van der Waals surface area contributed by atoms with Crippen molar-refractivity contribution in [3.8, 4) is 10.8 Å². The lowest BCUT2D eigenvalue weighted by Gasteiger charge is -2.04. The van der Waals surface area contributed by atoms with Gasteiger partial charge in [0.2, 0.25) is 0 Å². The van der Waals surface area contributed by atoms with Crippen LogP contribution < -0.4 is 4.74 Å². The predicted molar refractivity (Wildman–Crippen MR) is 103 cm³/mol. The number of imidazole rings is 1. The fourth-order valence-corrected chi connectivity index (χ4v) is 3.86. The van der Waals surface area contributed by atoms with E-state index in [9.17, 15) is 4.79 Å². The first kappa shape index (κ1) is 17.9. The summed E-state index contributed by atoms with van der Waals surface area (Å²) in [5, 5.41) is 1.59. The van der Waals surface area contributed by atoms with Crippen LogP contribution in [0.5, 0.6) is 5.75 Å². The Morgan fingerprint density at radius 3 is 2.85 bits per heavy atom. The van der Waals surface area contributed by atoms with E-state index in [0.29, 0.717) is 26.2 Å². The van der Waals surface area contributed by atoms with Crippen LogP contribution in [-0.2, 0) is 11.3 Å². The molecule has 138 valence electrons. The molecule has 0 aliphatic heterocycles. The van der Waals surface area contributed by atoms with Gasteiger partial charge in [0.1, 0.15) is 23.7 Å². The molecule has 4 aromatic rings. The van der Waals surface area contributed by atoms with Gasteiger partial charge in [-0.3, -0.25) is 4.57 Å². The van der Waals surface area contributed by atoms with Gasteiger partial charge in [0.25, 0.3) is 0 Å². The van der Waals surface area contributed by atoms with Crippen LogP contribution in [0.4, 0.5) is 0 Å². The highest BCUT2D eigenvalue weighted by atomic mass is 35.5. The maximum absolute atomic E-state index is 12.2. The lowest BCUT2D eigenvalue weighted by molar-refractivity contribution is 0.0601. The smallest absolute Gasteiger partial charge is 0.351 e. The number of carbonyl (C=O) groups is 1. The summed E-state index contributed by atoms with van der Waals surface area (Å²) in [4.78, 5) is 16.9. The Kier molecular flexibility index (Phi) is 4.82. The maximum atomic E-state index is 12.2. The summed E-state index contributed by atoms with van der Waals surface area (Å²) >= 11 is 13.4. The van der Waals surface area contributed by atoms with Crippen molar-refractivity contribution in [2.45, 2.75) is 6.61 Å². The van der Waals surface area contributed by atoms with Gasteiger partial charge in [0.05, 0.1) is 40.7 Å². The number of hydrogen-bond donors (Lipinski definition) is 0. The zero-order valence-corrected chi connectivity index (χ0v) is 16.3. The Morgan fingerprint density at radius 2 is 2.11 bits per heavy atom. The number of esters is 1. The normalized spacial score (nSPS) is 11.1. The zero-order chi connectivity index (χ0) is 19.0. The Morgan fingerprint density at radius 1 is 1.30 bits per heavy atom. The quantitative estimate of drug-likeness (QED) is 0.405. The number of nitrogens with zero attached hydrogens (tertiary/aromatic N) is 2. The summed E-state index contributed by atoms with van der Waals surface area (Å²) in [5.41, 5.74) is 2.31. The molecular formula is C18H12Cl2N2O4S. The van der Waals surface area contributed by atoms with Crippen molar-refractivity contribution in [3.05, 3.63) is 63.6 Å². The van der Waals surface area contributed by atoms with Gasteiger partial charge in [-0.15, -0.1) is 11.3 Å². The van der Waals surface area contributed by atoms with Crippen LogP contribution in [0.2, 0.25) is 10.0 Å². The van der Waals surface area contributed by atoms with E-state index in [2.05, 4.69) is 4.98 Å². The second kappa shape index (κ2) is 7.26. The summed E-state index contributed by atoms with van der Waals surface area (Å²) in [6.07, 6.45) is 4.79. The molecule has 0 saturated heterocycles. The number of furan rings is 1. The van der Waals surface area contributed by atoms with Gasteiger partial charge in [-0.05, 0) is 18.2 Å². The van der Waals surface area contributed by atoms with Gasteiger partial charge in [-0.25, -0.2) is 9.78 Å². The largest absolute Gasteiger partial charge is 0.487 e. The number of benzene rings is 1. The van der Waals surface area contributed by atoms with Crippen LogP contribution >= 0.6 is 34.5 Å². The van der Waals surface area contributed by atoms with E-state index in [1.165, 1.54) is 18.4 Å². The molecule has 0 aliphatic rings. The van der Waals surface area contributed by atoms with Gasteiger partial charge in [-0.1, -0.05) is 23.2 Å². The standard InChI is InChI=1S/C18H12Cl2N2O4S/c1-24-18(23)17-15(26-8-10-2-3-25-7-10)6-16(27-17)22-9-21-13-4-11(19)12(20)5-14(13)22/h2-7,9H,8H2,1H3. The Balaban J connectivity index is 1.75. The van der Waals surface area contributed by atoms with Gasteiger partial charge in [0, 0.05) is 11.6 Å². The first-order chi connectivity index (χ1) is 13.1. The minimum absolute atomic E-state index is 0.267. The number of ether oxygens (including phenoxy) is 2. The van der Waals surface area contributed by atoms with E-state index in [4.69, 9.17) is 37.1 Å². The Labute approximate surface area is 167 Å². The number of halogens is 2. The number of thiophene rings is 1. The average molecular weight is 423 g/mol. The number of hydrogen-bond acceptors (Lipinski definition) is 6. The van der Waals surface area contributed by atoms with E-state index in [0.717, 1.165) is 16.1 Å². The molecule has 0 saturated carbocycles. The molecule has 0 amide bonds. The summed E-state index contributed by atoms with van der Waals surface area (Å²) < 4.78 is 17.5. The molecule has 9 heteroatoms. The second-order valence-electron chi connectivity index (χ2n) is 5.56. The van der Waals surface area contributed by atoms with Gasteiger partial charge >= 0.3 is 5.97 Å². The molecule has 0 aliphatic carbocycles. The predicted octanol–water partition coefficient (Wildman–Crippen LogP) is 5.35. The monoisotopic (exact) mass is 422 g/mol. The lowest BCUT2D eigenvalue weighted by atomic mass is 10.3. The highest BCUT2D eigenvalue weighted by molar-refractivity contribution is 7.16. The maximum Gasteiger partial charge on any atom is 0.351 e. The topological polar surface area (TPSA) is 66.5 Å². The van der Waals surface area contributed by atoms with E-state index in [1.807, 2.05) is 4.57 Å². The van der Waals surface area contributed by atoms with Gasteiger partial charge in [0.15, 0.2) is 4.88 Å². The molecule has 27 heavy (non-hydrogen) atoms. The van der Waals surface area contributed by atoms with Crippen molar-refractivity contribution >= 4 is 51.5 Å². The molecule has 0 fully saturated rings. The number of aromatic nitrogens is 2. The summed E-state index contributed by atoms with van der Waals surface area (Å²) in [7, 11) is 1.33. The van der Waals surface area contributed by atoms with Crippen molar-refractivity contribution in [2.24, 2.45) is 0 Å². The first-order valence-corrected chi connectivity index (χ1v) is 9.32. The van der Waals surface area contributed by atoms with Crippen molar-refractivity contribution in [1.29, 1.82) is 0 Å². The first-order valence-electron chi connectivity index (χ1n) is 7.75. The average Bonchev–Trinajstić information content (AvgIpc) is 3.39. The van der Waals surface area contributed by atoms with E-state index in [-0.39, 0.29) is 6.61 Å². The molecule has 6 nitrogen and oxygen atoms in total. The molecular weight excluding hydrogens is 411 g/mol. The van der Waals surface area contributed by atoms with Crippen LogP contribution in [0, 0.1) is 0 Å². The minimum atomic E-state index is -0.473. The highest BCUT2D eigenvalue weighted by Crippen LogP contribution is 2.36. The van der Waals surface area contributed by atoms with Crippen molar-refractivity contribution in [1.82, 2.24) is 9.55 Å². The molecule has 0 atom stereocenters. The molecule has 3 heterocycles. The number of methoxy groups -OCH3 is 1. The van der Waals surface area contributed by atoms with Crippen LogP contribution in [-0.4, -0.2) is 22.6 Å². The highest BCUT2D eigenvalue weighted by Gasteiger charge is 2.21. The fraction of sp³-hybridized carbons (Fsp3) is 0.111. The SMILES string of the molecule is COC(=O)c1sc(-n2cnc3cc(Cl)c(Cl)cc32)cc1OCc1ccoc1. The molecule has 1 aromatic carbocycles. The van der Waals surface area contributed by atoms with E-state index < -0.39 is 5.97 Å². The Hall–Kier alpha value is -2.48. The van der Waals surface area contributed by atoms with Crippen molar-refractivity contribution in [2.75, 3.05) is 7.11 Å². The lowest BCUT2D eigenvalue weighted by Crippen LogP contribution is -2.02. The second-order valence-corrected chi connectivity index (χ2v) is 7.40. The number of rotatable bonds is 5. The van der Waals surface area contributed by atoms with Crippen LogP contribution in [0.15, 0.2) is 47.5 Å². The number of fused-ring (bicyclic) bond motifs is 1. The fourth-order valence-electron chi connectivity index (χ4n) is 2.54.